The summed E-state index contributed by atoms with van der Waals surface area (Å²) in [6, 6.07) is 5.18. The molecule has 3 aromatic heterocycles. The van der Waals surface area contributed by atoms with Gasteiger partial charge in [-0.05, 0) is 59.2 Å². The third-order valence-corrected chi connectivity index (χ3v) is 5.33. The molecule has 0 bridgehead atoms. The Balaban J connectivity index is 1.85. The Labute approximate surface area is 191 Å². The van der Waals surface area contributed by atoms with E-state index in [0.717, 1.165) is 10.9 Å². The molecule has 0 spiro atoms. The molecule has 0 unspecified atom stereocenters. The topological polar surface area (TPSA) is 99.2 Å². The fourth-order valence-electron chi connectivity index (χ4n) is 3.88. The molecular weight excluding hydrogens is 420 g/mol. The van der Waals surface area contributed by atoms with Crippen LogP contribution >= 0.6 is 0 Å². The molecule has 1 amide bonds. The van der Waals surface area contributed by atoms with Gasteiger partial charge in [0.15, 0.2) is 11.1 Å². The smallest absolute Gasteiger partial charge is 0.408 e. The van der Waals surface area contributed by atoms with E-state index in [0.29, 0.717) is 39.1 Å². The molecule has 4 aromatic rings. The number of nitrogens with one attached hydrogen (secondary N) is 1. The predicted molar refractivity (Wildman–Crippen MR) is 127 cm³/mol. The van der Waals surface area contributed by atoms with E-state index in [1.54, 1.807) is 38.6 Å². The predicted octanol–water partition coefficient (Wildman–Crippen LogP) is 4.94. The highest BCUT2D eigenvalue weighted by Crippen LogP contribution is 2.31. The lowest BCUT2D eigenvalue weighted by atomic mass is 9.99. The average Bonchev–Trinajstić information content (AvgIpc) is 3.08. The molecule has 0 aliphatic heterocycles. The van der Waals surface area contributed by atoms with Gasteiger partial charge in [-0.3, -0.25) is 9.48 Å². The zero-order chi connectivity index (χ0) is 24.1. The molecule has 0 aliphatic carbocycles. The van der Waals surface area contributed by atoms with Gasteiger partial charge in [0.25, 0.3) is 0 Å². The van der Waals surface area contributed by atoms with Crippen LogP contribution in [0.4, 0.5) is 4.79 Å². The highest BCUT2D eigenvalue weighted by Gasteiger charge is 2.22. The number of aromatic nitrogens is 3. The van der Waals surface area contributed by atoms with E-state index in [1.807, 2.05) is 45.3 Å². The fraction of sp³-hybridized carbons (Fsp3) is 0.360. The van der Waals surface area contributed by atoms with Crippen LogP contribution < -0.4 is 10.7 Å². The van der Waals surface area contributed by atoms with Crippen LogP contribution in [0.5, 0.6) is 0 Å². The first-order chi connectivity index (χ1) is 15.4. The first kappa shape index (κ1) is 22.5. The van der Waals surface area contributed by atoms with Crippen molar-refractivity contribution >= 4 is 28.1 Å². The number of carbonyl (C=O) groups excluding carboxylic acids is 1. The van der Waals surface area contributed by atoms with E-state index in [1.165, 1.54) is 0 Å². The number of nitrogens with zero attached hydrogens (tertiary/aromatic N) is 3. The monoisotopic (exact) mass is 448 g/mol. The van der Waals surface area contributed by atoms with Gasteiger partial charge in [-0.15, -0.1) is 0 Å². The first-order valence-electron chi connectivity index (χ1n) is 10.8. The van der Waals surface area contributed by atoms with Gasteiger partial charge in [0, 0.05) is 41.5 Å². The van der Waals surface area contributed by atoms with E-state index in [4.69, 9.17) is 9.15 Å². The van der Waals surface area contributed by atoms with Crippen molar-refractivity contribution < 1.29 is 13.9 Å². The Morgan fingerprint density at radius 1 is 1.21 bits per heavy atom. The third kappa shape index (κ3) is 4.46. The zero-order valence-corrected chi connectivity index (χ0v) is 19.9. The minimum Gasteiger partial charge on any atom is -0.455 e. The maximum atomic E-state index is 13.3. The Morgan fingerprint density at radius 3 is 2.64 bits per heavy atom. The van der Waals surface area contributed by atoms with Gasteiger partial charge >= 0.3 is 6.09 Å². The van der Waals surface area contributed by atoms with Crippen LogP contribution in [0.15, 0.2) is 39.8 Å². The molecule has 33 heavy (non-hydrogen) atoms. The lowest BCUT2D eigenvalue weighted by Gasteiger charge is -2.22. The van der Waals surface area contributed by atoms with E-state index in [-0.39, 0.29) is 5.43 Å². The van der Waals surface area contributed by atoms with Gasteiger partial charge in [-0.2, -0.15) is 5.10 Å². The molecule has 0 fully saturated rings. The van der Waals surface area contributed by atoms with Crippen molar-refractivity contribution in [3.63, 3.8) is 0 Å². The van der Waals surface area contributed by atoms with Crippen LogP contribution in [-0.2, 0) is 11.8 Å². The van der Waals surface area contributed by atoms with Gasteiger partial charge in [0.2, 0.25) is 0 Å². The molecule has 1 atom stereocenters. The standard InChI is InChI=1S/C25H28N4O4/c1-13-8-18(15(3)27-24(31)33-25(4,5)6)22-19(9-13)20(30)14(2)21(32-22)16-10-17-12-29(7)28-23(17)26-11-16/h8-12,15H,1-7H3,(H,27,31)/t15-/m1/s1. The number of rotatable bonds is 3. The largest absolute Gasteiger partial charge is 0.455 e. The minimum atomic E-state index is -0.618. The zero-order valence-electron chi connectivity index (χ0n) is 19.9. The van der Waals surface area contributed by atoms with Gasteiger partial charge < -0.3 is 14.5 Å². The summed E-state index contributed by atoms with van der Waals surface area (Å²) < 4.78 is 13.4. The second-order valence-electron chi connectivity index (χ2n) is 9.42. The number of alkyl carbamates (subject to hydrolysis) is 1. The Hall–Kier alpha value is -3.68. The fourth-order valence-corrected chi connectivity index (χ4v) is 3.88. The van der Waals surface area contributed by atoms with E-state index in [2.05, 4.69) is 15.4 Å². The van der Waals surface area contributed by atoms with Crippen molar-refractivity contribution in [2.45, 2.75) is 53.2 Å². The maximum Gasteiger partial charge on any atom is 0.408 e. The first-order valence-corrected chi connectivity index (χ1v) is 10.8. The molecule has 0 aliphatic rings. The molecule has 0 saturated carbocycles. The molecule has 0 saturated heterocycles. The molecule has 172 valence electrons. The quantitative estimate of drug-likeness (QED) is 0.476. The number of aryl methyl sites for hydroxylation is 2. The SMILES string of the molecule is Cc1cc([C@@H](C)NC(=O)OC(C)(C)C)c2oc(-c3cnc4nn(C)cc4c3)c(C)c(=O)c2c1. The summed E-state index contributed by atoms with van der Waals surface area (Å²) in [5.74, 6) is 0.445. The van der Waals surface area contributed by atoms with Gasteiger partial charge in [0.1, 0.15) is 16.9 Å². The normalized spacial score (nSPS) is 12.8. The van der Waals surface area contributed by atoms with E-state index < -0.39 is 17.7 Å². The van der Waals surface area contributed by atoms with Crippen LogP contribution in [0, 0.1) is 13.8 Å². The van der Waals surface area contributed by atoms with Crippen LogP contribution in [0.25, 0.3) is 33.3 Å². The van der Waals surface area contributed by atoms with Crippen LogP contribution in [0.2, 0.25) is 0 Å². The number of hydrogen-bond acceptors (Lipinski definition) is 6. The lowest BCUT2D eigenvalue weighted by molar-refractivity contribution is 0.0508. The van der Waals surface area contributed by atoms with Gasteiger partial charge in [-0.1, -0.05) is 6.07 Å². The molecule has 1 N–H and O–H groups in total. The molecule has 4 rings (SSSR count). The summed E-state index contributed by atoms with van der Waals surface area (Å²) in [7, 11) is 1.83. The Morgan fingerprint density at radius 2 is 1.94 bits per heavy atom. The number of benzene rings is 1. The number of amides is 1. The second kappa shape index (κ2) is 8.03. The van der Waals surface area contributed by atoms with Crippen molar-refractivity contribution in [2.24, 2.45) is 7.05 Å². The van der Waals surface area contributed by atoms with Crippen molar-refractivity contribution in [3.8, 4) is 11.3 Å². The highest BCUT2D eigenvalue weighted by atomic mass is 16.6. The second-order valence-corrected chi connectivity index (χ2v) is 9.42. The number of fused-ring (bicyclic) bond motifs is 2. The molecule has 3 heterocycles. The molecule has 8 nitrogen and oxygen atoms in total. The van der Waals surface area contributed by atoms with Crippen molar-refractivity contribution in [1.29, 1.82) is 0 Å². The summed E-state index contributed by atoms with van der Waals surface area (Å²) in [4.78, 5) is 30.1. The van der Waals surface area contributed by atoms with E-state index >= 15 is 0 Å². The molecule has 0 radical (unpaired) electrons. The maximum absolute atomic E-state index is 13.3. The molecule has 8 heteroatoms. The average molecular weight is 449 g/mol. The van der Waals surface area contributed by atoms with Gasteiger partial charge in [0.05, 0.1) is 11.4 Å². The van der Waals surface area contributed by atoms with Crippen molar-refractivity contribution in [1.82, 2.24) is 20.1 Å². The lowest BCUT2D eigenvalue weighted by Crippen LogP contribution is -2.34. The van der Waals surface area contributed by atoms with Crippen LogP contribution in [-0.4, -0.2) is 26.5 Å². The summed E-state index contributed by atoms with van der Waals surface area (Å²) >= 11 is 0. The van der Waals surface area contributed by atoms with Gasteiger partial charge in [-0.25, -0.2) is 9.78 Å². The molecular formula is C25H28N4O4. The minimum absolute atomic E-state index is 0.119. The summed E-state index contributed by atoms with van der Waals surface area (Å²) in [5.41, 5.74) is 3.09. The van der Waals surface area contributed by atoms with Crippen molar-refractivity contribution in [2.75, 3.05) is 0 Å². The number of pyridine rings is 1. The van der Waals surface area contributed by atoms with Crippen molar-refractivity contribution in [3.05, 3.63) is 57.5 Å². The molecule has 1 aromatic carbocycles. The summed E-state index contributed by atoms with van der Waals surface area (Å²) in [5, 5.41) is 8.46. The number of carbonyl (C=O) groups is 1. The van der Waals surface area contributed by atoms with Crippen LogP contribution in [0.3, 0.4) is 0 Å². The summed E-state index contributed by atoms with van der Waals surface area (Å²) in [6.45, 7) is 10.9. The number of hydrogen-bond donors (Lipinski definition) is 1. The Bertz CT molecular complexity index is 1440. The van der Waals surface area contributed by atoms with Crippen LogP contribution in [0.1, 0.15) is 50.4 Å². The Kier molecular flexibility index (Phi) is 5.47. The highest BCUT2D eigenvalue weighted by molar-refractivity contribution is 5.86. The number of ether oxygens (including phenoxy) is 1. The third-order valence-electron chi connectivity index (χ3n) is 5.33. The summed E-state index contributed by atoms with van der Waals surface area (Å²) in [6.07, 6.45) is 2.98. The van der Waals surface area contributed by atoms with E-state index in [9.17, 15) is 9.59 Å².